The molecule has 2 heterocycles. The number of halogens is 1. The van der Waals surface area contributed by atoms with E-state index in [1.807, 2.05) is 19.2 Å². The molecule has 2 aromatic rings. The Balaban J connectivity index is 1.84. The average molecular weight is 324 g/mol. The maximum atomic E-state index is 11.3. The van der Waals surface area contributed by atoms with E-state index < -0.39 is 0 Å². The van der Waals surface area contributed by atoms with Gasteiger partial charge in [-0.15, -0.1) is 11.3 Å². The van der Waals surface area contributed by atoms with Crippen molar-refractivity contribution in [3.05, 3.63) is 33.2 Å². The number of amides is 1. The van der Waals surface area contributed by atoms with E-state index in [-0.39, 0.29) is 18.6 Å². The standard InChI is InChI=1S/C14H14ClN3O2S/c1-7(12-6-21-8(2)17-12)16-10-4-13-11(3-9(10)15)18-14(19)5-20-13/h3-4,6-7,16H,5H2,1-2H3,(H,18,19). The van der Waals surface area contributed by atoms with Crippen molar-refractivity contribution in [1.29, 1.82) is 0 Å². The molecule has 0 aliphatic carbocycles. The average Bonchev–Trinajstić information content (AvgIpc) is 2.86. The summed E-state index contributed by atoms with van der Waals surface area (Å²) in [5.41, 5.74) is 2.32. The number of aromatic nitrogens is 1. The van der Waals surface area contributed by atoms with Gasteiger partial charge in [-0.25, -0.2) is 4.98 Å². The number of ether oxygens (including phenoxy) is 1. The normalized spacial score (nSPS) is 14.9. The summed E-state index contributed by atoms with van der Waals surface area (Å²) in [6, 6.07) is 3.52. The third-order valence-corrected chi connectivity index (χ3v) is 4.26. The van der Waals surface area contributed by atoms with Gasteiger partial charge in [0.05, 0.1) is 33.1 Å². The lowest BCUT2D eigenvalue weighted by Crippen LogP contribution is -2.25. The number of aryl methyl sites for hydroxylation is 1. The highest BCUT2D eigenvalue weighted by Crippen LogP contribution is 2.37. The molecule has 0 spiro atoms. The summed E-state index contributed by atoms with van der Waals surface area (Å²) in [7, 11) is 0. The van der Waals surface area contributed by atoms with Crippen LogP contribution in [-0.4, -0.2) is 17.5 Å². The Kier molecular flexibility index (Phi) is 3.73. The Hall–Kier alpha value is -1.79. The zero-order valence-corrected chi connectivity index (χ0v) is 13.1. The van der Waals surface area contributed by atoms with Gasteiger partial charge in [0, 0.05) is 11.4 Å². The molecule has 1 unspecified atom stereocenters. The lowest BCUT2D eigenvalue weighted by molar-refractivity contribution is -0.118. The number of anilines is 2. The van der Waals surface area contributed by atoms with Gasteiger partial charge in [0.15, 0.2) is 6.61 Å². The van der Waals surface area contributed by atoms with Crippen molar-refractivity contribution in [2.75, 3.05) is 17.2 Å². The van der Waals surface area contributed by atoms with Crippen molar-refractivity contribution in [3.63, 3.8) is 0 Å². The Morgan fingerprint density at radius 1 is 1.52 bits per heavy atom. The van der Waals surface area contributed by atoms with Gasteiger partial charge in [0.2, 0.25) is 0 Å². The maximum absolute atomic E-state index is 11.3. The molecule has 0 radical (unpaired) electrons. The lowest BCUT2D eigenvalue weighted by Gasteiger charge is -2.21. The zero-order chi connectivity index (χ0) is 15.0. The predicted octanol–water partition coefficient (Wildman–Crippen LogP) is 3.61. The second-order valence-electron chi connectivity index (χ2n) is 4.82. The van der Waals surface area contributed by atoms with Crippen LogP contribution in [0.15, 0.2) is 17.5 Å². The van der Waals surface area contributed by atoms with Crippen LogP contribution in [0.4, 0.5) is 11.4 Å². The molecule has 0 fully saturated rings. The fourth-order valence-corrected chi connectivity index (χ4v) is 3.02. The van der Waals surface area contributed by atoms with E-state index in [4.69, 9.17) is 16.3 Å². The molecule has 1 atom stereocenters. The minimum atomic E-state index is -0.175. The van der Waals surface area contributed by atoms with Gasteiger partial charge in [0.25, 0.3) is 5.91 Å². The van der Waals surface area contributed by atoms with Crippen molar-refractivity contribution in [2.24, 2.45) is 0 Å². The van der Waals surface area contributed by atoms with E-state index in [1.54, 1.807) is 23.5 Å². The number of carbonyl (C=O) groups excluding carboxylic acids is 1. The highest BCUT2D eigenvalue weighted by Gasteiger charge is 2.19. The molecule has 3 rings (SSSR count). The van der Waals surface area contributed by atoms with E-state index >= 15 is 0 Å². The monoisotopic (exact) mass is 323 g/mol. The molecule has 1 aromatic carbocycles. The van der Waals surface area contributed by atoms with Crippen LogP contribution in [0.2, 0.25) is 5.02 Å². The molecule has 1 amide bonds. The number of thiazole rings is 1. The van der Waals surface area contributed by atoms with Gasteiger partial charge < -0.3 is 15.4 Å². The Morgan fingerprint density at radius 2 is 2.33 bits per heavy atom. The third kappa shape index (κ3) is 2.96. The highest BCUT2D eigenvalue weighted by atomic mass is 35.5. The van der Waals surface area contributed by atoms with Crippen molar-refractivity contribution in [3.8, 4) is 5.75 Å². The number of fused-ring (bicyclic) bond motifs is 1. The number of nitrogens with one attached hydrogen (secondary N) is 2. The molecule has 0 saturated heterocycles. The molecule has 0 saturated carbocycles. The van der Waals surface area contributed by atoms with Gasteiger partial charge >= 0.3 is 0 Å². The summed E-state index contributed by atoms with van der Waals surface area (Å²) in [6.07, 6.45) is 0. The number of hydrogen-bond donors (Lipinski definition) is 2. The van der Waals surface area contributed by atoms with Crippen molar-refractivity contribution in [2.45, 2.75) is 19.9 Å². The van der Waals surface area contributed by atoms with Crippen LogP contribution < -0.4 is 15.4 Å². The quantitative estimate of drug-likeness (QED) is 0.905. The summed E-state index contributed by atoms with van der Waals surface area (Å²) >= 11 is 7.87. The van der Waals surface area contributed by atoms with Gasteiger partial charge in [-0.3, -0.25) is 4.79 Å². The number of hydrogen-bond acceptors (Lipinski definition) is 5. The summed E-state index contributed by atoms with van der Waals surface area (Å²) in [5, 5.41) is 9.63. The van der Waals surface area contributed by atoms with Crippen LogP contribution in [0.25, 0.3) is 0 Å². The summed E-state index contributed by atoms with van der Waals surface area (Å²) < 4.78 is 5.40. The van der Waals surface area contributed by atoms with E-state index in [9.17, 15) is 4.79 Å². The molecule has 1 aromatic heterocycles. The number of carbonyl (C=O) groups is 1. The molecule has 0 bridgehead atoms. The molecule has 110 valence electrons. The molecule has 2 N–H and O–H groups in total. The fraction of sp³-hybridized carbons (Fsp3) is 0.286. The first-order valence-corrected chi connectivity index (χ1v) is 7.73. The molecule has 1 aliphatic rings. The maximum Gasteiger partial charge on any atom is 0.262 e. The van der Waals surface area contributed by atoms with E-state index in [2.05, 4.69) is 15.6 Å². The fourth-order valence-electron chi connectivity index (χ4n) is 2.10. The first kappa shape index (κ1) is 14.2. The van der Waals surface area contributed by atoms with Crippen molar-refractivity contribution < 1.29 is 9.53 Å². The van der Waals surface area contributed by atoms with Crippen LogP contribution in [-0.2, 0) is 4.79 Å². The molecular weight excluding hydrogens is 310 g/mol. The first-order chi connectivity index (χ1) is 10.0. The number of benzene rings is 1. The highest BCUT2D eigenvalue weighted by molar-refractivity contribution is 7.09. The predicted molar refractivity (Wildman–Crippen MR) is 84.5 cm³/mol. The van der Waals surface area contributed by atoms with Crippen LogP contribution in [0.5, 0.6) is 5.75 Å². The largest absolute Gasteiger partial charge is 0.482 e. The number of nitrogens with zero attached hydrogens (tertiary/aromatic N) is 1. The van der Waals surface area contributed by atoms with Gasteiger partial charge in [-0.2, -0.15) is 0 Å². The van der Waals surface area contributed by atoms with Crippen molar-refractivity contribution >= 4 is 40.2 Å². The molecule has 5 nitrogen and oxygen atoms in total. The molecule has 1 aliphatic heterocycles. The van der Waals surface area contributed by atoms with Crippen LogP contribution >= 0.6 is 22.9 Å². The third-order valence-electron chi connectivity index (χ3n) is 3.15. The smallest absolute Gasteiger partial charge is 0.262 e. The Bertz CT molecular complexity index is 702. The van der Waals surface area contributed by atoms with E-state index in [1.165, 1.54) is 0 Å². The summed E-state index contributed by atoms with van der Waals surface area (Å²) in [5.74, 6) is 0.439. The van der Waals surface area contributed by atoms with Gasteiger partial charge in [-0.1, -0.05) is 11.6 Å². The molecular formula is C14H14ClN3O2S. The van der Waals surface area contributed by atoms with Crippen LogP contribution in [0, 0.1) is 6.92 Å². The minimum absolute atomic E-state index is 0.0227. The minimum Gasteiger partial charge on any atom is -0.482 e. The zero-order valence-electron chi connectivity index (χ0n) is 11.6. The van der Waals surface area contributed by atoms with Crippen LogP contribution in [0.3, 0.4) is 0 Å². The van der Waals surface area contributed by atoms with Crippen molar-refractivity contribution in [1.82, 2.24) is 4.98 Å². The SMILES string of the molecule is Cc1nc(C(C)Nc2cc3c(cc2Cl)NC(=O)CO3)cs1. The second kappa shape index (κ2) is 5.54. The molecule has 7 heteroatoms. The summed E-state index contributed by atoms with van der Waals surface area (Å²) in [6.45, 7) is 4.02. The van der Waals surface area contributed by atoms with E-state index in [0.29, 0.717) is 16.5 Å². The van der Waals surface area contributed by atoms with Gasteiger partial charge in [0.1, 0.15) is 5.75 Å². The topological polar surface area (TPSA) is 63.2 Å². The Morgan fingerprint density at radius 3 is 3.05 bits per heavy atom. The summed E-state index contributed by atoms with van der Waals surface area (Å²) in [4.78, 5) is 15.7. The van der Waals surface area contributed by atoms with Gasteiger partial charge in [-0.05, 0) is 19.9 Å². The second-order valence-corrected chi connectivity index (χ2v) is 6.29. The molecule has 21 heavy (non-hydrogen) atoms. The lowest BCUT2D eigenvalue weighted by atomic mass is 10.2. The Labute approximate surface area is 131 Å². The first-order valence-electron chi connectivity index (χ1n) is 6.47. The van der Waals surface area contributed by atoms with E-state index in [0.717, 1.165) is 16.4 Å². The number of rotatable bonds is 3. The van der Waals surface area contributed by atoms with Crippen LogP contribution in [0.1, 0.15) is 23.7 Å².